The van der Waals surface area contributed by atoms with Gasteiger partial charge in [-0.15, -0.1) is 0 Å². The quantitative estimate of drug-likeness (QED) is 0.796. The smallest absolute Gasteiger partial charge is 0.407 e. The van der Waals surface area contributed by atoms with E-state index in [0.29, 0.717) is 19.1 Å². The predicted octanol–water partition coefficient (Wildman–Crippen LogP) is 2.30. The third-order valence-electron chi connectivity index (χ3n) is 4.19. The molecule has 0 atom stereocenters. The van der Waals surface area contributed by atoms with Gasteiger partial charge in [0.25, 0.3) is 0 Å². The summed E-state index contributed by atoms with van der Waals surface area (Å²) >= 11 is 0. The van der Waals surface area contributed by atoms with Gasteiger partial charge in [-0.3, -0.25) is 0 Å². The Morgan fingerprint density at radius 2 is 1.76 bits per heavy atom. The molecule has 17 heavy (non-hydrogen) atoms. The van der Waals surface area contributed by atoms with Crippen LogP contribution < -0.4 is 5.32 Å². The van der Waals surface area contributed by atoms with Crippen molar-refractivity contribution in [3.05, 3.63) is 0 Å². The summed E-state index contributed by atoms with van der Waals surface area (Å²) in [5.74, 6) is 0.862. The Labute approximate surface area is 103 Å². The fraction of sp³-hybridized carbons (Fsp3) is 0.923. The molecule has 4 heteroatoms. The van der Waals surface area contributed by atoms with Gasteiger partial charge in [-0.05, 0) is 38.1 Å². The lowest BCUT2D eigenvalue weighted by Gasteiger charge is -2.32. The van der Waals surface area contributed by atoms with Crippen molar-refractivity contribution in [3.63, 3.8) is 0 Å². The number of piperidine rings is 1. The molecular weight excluding hydrogens is 216 g/mol. The van der Waals surface area contributed by atoms with Crippen molar-refractivity contribution in [1.29, 1.82) is 0 Å². The van der Waals surface area contributed by atoms with Gasteiger partial charge in [-0.1, -0.05) is 19.3 Å². The summed E-state index contributed by atoms with van der Waals surface area (Å²) in [5.41, 5.74) is 0. The molecule has 0 aromatic heterocycles. The monoisotopic (exact) mass is 240 g/mol. The summed E-state index contributed by atoms with van der Waals surface area (Å²) in [6.07, 6.45) is 8.12. The van der Waals surface area contributed by atoms with E-state index in [1.54, 1.807) is 0 Å². The predicted molar refractivity (Wildman–Crippen MR) is 67.2 cm³/mol. The number of hydrogen-bond donors (Lipinski definition) is 2. The number of amides is 1. The van der Waals surface area contributed by atoms with Crippen LogP contribution in [0.2, 0.25) is 0 Å². The third kappa shape index (κ3) is 3.87. The zero-order valence-electron chi connectivity index (χ0n) is 10.5. The van der Waals surface area contributed by atoms with Gasteiger partial charge in [0, 0.05) is 19.1 Å². The second kappa shape index (κ2) is 6.24. The molecular formula is C13H24N2O2. The maximum Gasteiger partial charge on any atom is 0.407 e. The molecule has 2 N–H and O–H groups in total. The molecule has 1 aliphatic heterocycles. The minimum Gasteiger partial charge on any atom is -0.465 e. The van der Waals surface area contributed by atoms with Crippen LogP contribution in [0.25, 0.3) is 0 Å². The fourth-order valence-electron chi connectivity index (χ4n) is 3.00. The average molecular weight is 240 g/mol. The molecule has 4 nitrogen and oxygen atoms in total. The van der Waals surface area contributed by atoms with Gasteiger partial charge in [0.05, 0.1) is 0 Å². The molecule has 0 bridgehead atoms. The molecule has 0 aromatic rings. The van der Waals surface area contributed by atoms with Gasteiger partial charge in [0.1, 0.15) is 0 Å². The van der Waals surface area contributed by atoms with Crippen molar-refractivity contribution in [3.8, 4) is 0 Å². The van der Waals surface area contributed by atoms with E-state index >= 15 is 0 Å². The van der Waals surface area contributed by atoms with Gasteiger partial charge >= 0.3 is 6.09 Å². The van der Waals surface area contributed by atoms with E-state index in [9.17, 15) is 4.79 Å². The highest BCUT2D eigenvalue weighted by Crippen LogP contribution is 2.23. The minimum atomic E-state index is -0.768. The second-order valence-electron chi connectivity index (χ2n) is 5.46. The first kappa shape index (κ1) is 12.7. The molecule has 2 rings (SSSR count). The van der Waals surface area contributed by atoms with E-state index in [4.69, 9.17) is 5.11 Å². The van der Waals surface area contributed by atoms with Crippen LogP contribution in [0.1, 0.15) is 44.9 Å². The van der Waals surface area contributed by atoms with E-state index in [1.807, 2.05) is 0 Å². The normalized spacial score (nSPS) is 23.9. The molecule has 2 fully saturated rings. The number of carboxylic acid groups (broad SMARTS) is 1. The maximum atomic E-state index is 10.8. The first-order chi connectivity index (χ1) is 8.25. The summed E-state index contributed by atoms with van der Waals surface area (Å²) in [7, 11) is 0. The van der Waals surface area contributed by atoms with Crippen molar-refractivity contribution >= 4 is 6.09 Å². The number of hydrogen-bond acceptors (Lipinski definition) is 2. The van der Waals surface area contributed by atoms with Crippen LogP contribution in [0.4, 0.5) is 4.79 Å². The van der Waals surface area contributed by atoms with Crippen LogP contribution in [0.3, 0.4) is 0 Å². The molecule has 1 saturated carbocycles. The van der Waals surface area contributed by atoms with Crippen molar-refractivity contribution in [2.75, 3.05) is 19.6 Å². The van der Waals surface area contributed by atoms with Crippen molar-refractivity contribution in [2.45, 2.75) is 51.0 Å². The first-order valence-electron chi connectivity index (χ1n) is 6.97. The molecule has 1 saturated heterocycles. The summed E-state index contributed by atoms with van der Waals surface area (Å²) in [6, 6.07) is 0.535. The van der Waals surface area contributed by atoms with E-state index in [1.165, 1.54) is 37.0 Å². The highest BCUT2D eigenvalue weighted by atomic mass is 16.4. The van der Waals surface area contributed by atoms with E-state index in [0.717, 1.165) is 25.3 Å². The van der Waals surface area contributed by atoms with Crippen LogP contribution in [-0.4, -0.2) is 41.8 Å². The van der Waals surface area contributed by atoms with Gasteiger partial charge in [-0.25, -0.2) is 4.79 Å². The lowest BCUT2D eigenvalue weighted by Crippen LogP contribution is -2.45. The van der Waals surface area contributed by atoms with Crippen LogP contribution in [0, 0.1) is 5.92 Å². The lowest BCUT2D eigenvalue weighted by atomic mass is 9.89. The van der Waals surface area contributed by atoms with Crippen molar-refractivity contribution < 1.29 is 9.90 Å². The largest absolute Gasteiger partial charge is 0.465 e. The molecule has 0 spiro atoms. The zero-order valence-corrected chi connectivity index (χ0v) is 10.5. The number of nitrogens with zero attached hydrogens (tertiary/aromatic N) is 1. The Kier molecular flexibility index (Phi) is 4.66. The first-order valence-corrected chi connectivity index (χ1v) is 6.97. The van der Waals surface area contributed by atoms with Crippen molar-refractivity contribution in [2.24, 2.45) is 5.92 Å². The Balaban J connectivity index is 1.62. The number of nitrogens with one attached hydrogen (secondary N) is 1. The molecule has 0 aromatic carbocycles. The van der Waals surface area contributed by atoms with E-state index in [-0.39, 0.29) is 0 Å². The molecule has 1 amide bonds. The number of rotatable bonds is 3. The molecule has 98 valence electrons. The highest BCUT2D eigenvalue weighted by molar-refractivity contribution is 5.65. The van der Waals surface area contributed by atoms with Crippen LogP contribution in [-0.2, 0) is 0 Å². The Morgan fingerprint density at radius 3 is 2.35 bits per heavy atom. The lowest BCUT2D eigenvalue weighted by molar-refractivity contribution is 0.128. The van der Waals surface area contributed by atoms with E-state index in [2.05, 4.69) is 5.32 Å². The topological polar surface area (TPSA) is 52.6 Å². The van der Waals surface area contributed by atoms with Crippen LogP contribution in [0.15, 0.2) is 0 Å². The summed E-state index contributed by atoms with van der Waals surface area (Å²) in [6.45, 7) is 2.52. The highest BCUT2D eigenvalue weighted by Gasteiger charge is 2.22. The molecule has 2 aliphatic rings. The summed E-state index contributed by atoms with van der Waals surface area (Å²) in [4.78, 5) is 12.3. The standard InChI is InChI=1S/C13H24N2O2/c16-13(17)15-8-6-12(7-9-15)14-10-11-4-2-1-3-5-11/h11-12,14H,1-10H2,(H,16,17). The SMILES string of the molecule is O=C(O)N1CCC(NCC2CCCCC2)CC1. The van der Waals surface area contributed by atoms with Gasteiger partial charge in [0.15, 0.2) is 0 Å². The summed E-state index contributed by atoms with van der Waals surface area (Å²) < 4.78 is 0. The maximum absolute atomic E-state index is 10.8. The Bertz CT molecular complexity index is 244. The number of carbonyl (C=O) groups is 1. The number of likely N-dealkylation sites (tertiary alicyclic amines) is 1. The molecule has 1 heterocycles. The molecule has 0 radical (unpaired) electrons. The van der Waals surface area contributed by atoms with Crippen LogP contribution in [0.5, 0.6) is 0 Å². The summed E-state index contributed by atoms with van der Waals surface area (Å²) in [5, 5.41) is 12.5. The molecule has 1 aliphatic carbocycles. The van der Waals surface area contributed by atoms with Crippen LogP contribution >= 0.6 is 0 Å². The van der Waals surface area contributed by atoms with Gasteiger partial charge < -0.3 is 15.3 Å². The second-order valence-corrected chi connectivity index (χ2v) is 5.46. The fourth-order valence-corrected chi connectivity index (χ4v) is 3.00. The van der Waals surface area contributed by atoms with Gasteiger partial charge in [-0.2, -0.15) is 0 Å². The van der Waals surface area contributed by atoms with Gasteiger partial charge in [0.2, 0.25) is 0 Å². The third-order valence-corrected chi connectivity index (χ3v) is 4.19. The average Bonchev–Trinajstić information content (AvgIpc) is 2.38. The molecule has 0 unspecified atom stereocenters. The Hall–Kier alpha value is -0.770. The van der Waals surface area contributed by atoms with E-state index < -0.39 is 6.09 Å². The van der Waals surface area contributed by atoms with Crippen molar-refractivity contribution in [1.82, 2.24) is 10.2 Å². The Morgan fingerprint density at radius 1 is 1.12 bits per heavy atom. The zero-order chi connectivity index (χ0) is 12.1. The minimum absolute atomic E-state index is 0.535.